The first-order valence-electron chi connectivity index (χ1n) is 7.40. The van der Waals surface area contributed by atoms with Crippen LogP contribution in [0.3, 0.4) is 0 Å². The average molecular weight is 345 g/mol. The smallest absolute Gasteiger partial charge is 0.232 e. The Hall–Kier alpha value is -1.99. The number of likely N-dealkylation sites (tertiary alicyclic amines) is 1. The number of piperidine rings is 1. The van der Waals surface area contributed by atoms with E-state index in [9.17, 15) is 4.79 Å². The molecule has 0 spiro atoms. The fourth-order valence-corrected chi connectivity index (χ4v) is 4.62. The summed E-state index contributed by atoms with van der Waals surface area (Å²) < 4.78 is 5.55. The number of nitrogens with zero attached hydrogens (tertiary/aromatic N) is 3. The van der Waals surface area contributed by atoms with Gasteiger partial charge in [0.05, 0.1) is 16.8 Å². The Morgan fingerprint density at radius 1 is 1.26 bits per heavy atom. The number of hydrogen-bond donors (Lipinski definition) is 0. The van der Waals surface area contributed by atoms with E-state index in [4.69, 9.17) is 4.52 Å². The Bertz CT molecular complexity index is 795. The Kier molecular flexibility index (Phi) is 3.74. The molecule has 3 aromatic heterocycles. The third-order valence-corrected chi connectivity index (χ3v) is 6.00. The molecule has 1 aliphatic heterocycles. The van der Waals surface area contributed by atoms with Gasteiger partial charge >= 0.3 is 0 Å². The zero-order valence-corrected chi connectivity index (χ0v) is 14.1. The predicted molar refractivity (Wildman–Crippen MR) is 89.4 cm³/mol. The van der Waals surface area contributed by atoms with E-state index in [1.807, 2.05) is 40.9 Å². The van der Waals surface area contributed by atoms with Gasteiger partial charge in [-0.15, -0.1) is 22.7 Å². The molecule has 4 heterocycles. The topological polar surface area (TPSA) is 59.2 Å². The van der Waals surface area contributed by atoms with Crippen LogP contribution >= 0.6 is 22.7 Å². The van der Waals surface area contributed by atoms with Crippen LogP contribution in [0.1, 0.15) is 35.6 Å². The minimum atomic E-state index is -0.0344. The summed E-state index contributed by atoms with van der Waals surface area (Å²) in [5, 5.41) is 8.14. The van der Waals surface area contributed by atoms with Crippen LogP contribution in [0.2, 0.25) is 0 Å². The quantitative estimate of drug-likeness (QED) is 0.721. The minimum absolute atomic E-state index is 0.0344. The SMILES string of the molecule is CN1C(=O)CC[C@@H](c2nc(-c3cccs3)no2)[C@H]1c1cccs1. The molecule has 5 nitrogen and oxygen atoms in total. The van der Waals surface area contributed by atoms with Crippen LogP contribution in [-0.2, 0) is 4.79 Å². The molecule has 23 heavy (non-hydrogen) atoms. The molecule has 0 radical (unpaired) electrons. The summed E-state index contributed by atoms with van der Waals surface area (Å²) in [4.78, 5) is 20.7. The van der Waals surface area contributed by atoms with Crippen molar-refractivity contribution in [1.29, 1.82) is 0 Å². The van der Waals surface area contributed by atoms with Crippen molar-refractivity contribution in [2.45, 2.75) is 24.8 Å². The molecule has 1 fully saturated rings. The lowest BCUT2D eigenvalue weighted by molar-refractivity contribution is -0.135. The van der Waals surface area contributed by atoms with Gasteiger partial charge in [-0.2, -0.15) is 4.98 Å². The van der Waals surface area contributed by atoms with Gasteiger partial charge in [0.1, 0.15) is 0 Å². The van der Waals surface area contributed by atoms with Crippen molar-refractivity contribution < 1.29 is 9.32 Å². The summed E-state index contributed by atoms with van der Waals surface area (Å²) in [7, 11) is 1.86. The van der Waals surface area contributed by atoms with Gasteiger partial charge in [-0.3, -0.25) is 4.79 Å². The van der Waals surface area contributed by atoms with Gasteiger partial charge in [-0.1, -0.05) is 17.3 Å². The maximum Gasteiger partial charge on any atom is 0.232 e. The Labute approximate surface area is 141 Å². The molecule has 0 aliphatic carbocycles. The van der Waals surface area contributed by atoms with Gasteiger partial charge < -0.3 is 9.42 Å². The average Bonchev–Trinajstić information content (AvgIpc) is 3.31. The number of amides is 1. The molecule has 3 aromatic rings. The van der Waals surface area contributed by atoms with Crippen LogP contribution < -0.4 is 0 Å². The van der Waals surface area contributed by atoms with E-state index >= 15 is 0 Å². The van der Waals surface area contributed by atoms with Crippen LogP contribution in [0, 0.1) is 0 Å². The van der Waals surface area contributed by atoms with E-state index < -0.39 is 0 Å². The number of likely N-dealkylation sites (N-methyl/N-ethyl adjacent to an activating group) is 1. The number of carbonyl (C=O) groups excluding carboxylic acids is 1. The van der Waals surface area contributed by atoms with Gasteiger partial charge in [-0.25, -0.2) is 0 Å². The summed E-state index contributed by atoms with van der Waals surface area (Å²) in [6.45, 7) is 0. The predicted octanol–water partition coefficient (Wildman–Crippen LogP) is 3.94. The van der Waals surface area contributed by atoms with Crippen LogP contribution in [0.5, 0.6) is 0 Å². The molecule has 0 aromatic carbocycles. The molecule has 4 rings (SSSR count). The fourth-order valence-electron chi connectivity index (χ4n) is 3.04. The van der Waals surface area contributed by atoms with Crippen molar-refractivity contribution in [3.8, 4) is 10.7 Å². The summed E-state index contributed by atoms with van der Waals surface area (Å²) >= 11 is 3.24. The molecule has 2 atom stereocenters. The molecular weight excluding hydrogens is 330 g/mol. The highest BCUT2D eigenvalue weighted by Gasteiger charge is 2.39. The zero-order valence-electron chi connectivity index (χ0n) is 12.5. The van der Waals surface area contributed by atoms with Gasteiger partial charge in [0.25, 0.3) is 0 Å². The Balaban J connectivity index is 1.70. The molecule has 0 N–H and O–H groups in total. The first-order chi connectivity index (χ1) is 11.2. The van der Waals surface area contributed by atoms with Crippen molar-refractivity contribution in [2.24, 2.45) is 0 Å². The van der Waals surface area contributed by atoms with Crippen molar-refractivity contribution >= 4 is 28.6 Å². The van der Waals surface area contributed by atoms with Gasteiger partial charge in [0, 0.05) is 18.3 Å². The first-order valence-corrected chi connectivity index (χ1v) is 9.16. The number of carbonyl (C=O) groups is 1. The van der Waals surface area contributed by atoms with Crippen LogP contribution in [-0.4, -0.2) is 28.0 Å². The molecule has 7 heteroatoms. The second-order valence-electron chi connectivity index (χ2n) is 5.54. The fraction of sp³-hybridized carbons (Fsp3) is 0.312. The highest BCUT2D eigenvalue weighted by atomic mass is 32.1. The second kappa shape index (κ2) is 5.90. The third-order valence-electron chi connectivity index (χ3n) is 4.20. The zero-order chi connectivity index (χ0) is 15.8. The van der Waals surface area contributed by atoms with E-state index in [1.165, 1.54) is 0 Å². The van der Waals surface area contributed by atoms with Crippen molar-refractivity contribution in [3.63, 3.8) is 0 Å². The molecule has 1 amide bonds. The van der Waals surface area contributed by atoms with Crippen LogP contribution in [0.25, 0.3) is 10.7 Å². The highest BCUT2D eigenvalue weighted by molar-refractivity contribution is 7.13. The van der Waals surface area contributed by atoms with Gasteiger partial charge in [0.2, 0.25) is 17.6 Å². The minimum Gasteiger partial charge on any atom is -0.339 e. The number of aromatic nitrogens is 2. The maximum atomic E-state index is 12.1. The normalized spacial score (nSPS) is 21.8. The van der Waals surface area contributed by atoms with E-state index in [2.05, 4.69) is 16.2 Å². The van der Waals surface area contributed by atoms with E-state index in [1.54, 1.807) is 22.7 Å². The summed E-state index contributed by atoms with van der Waals surface area (Å²) in [6.07, 6.45) is 1.25. The summed E-state index contributed by atoms with van der Waals surface area (Å²) in [5.41, 5.74) is 0. The lowest BCUT2D eigenvalue weighted by atomic mass is 9.88. The molecule has 1 aliphatic rings. The molecular formula is C16H15N3O2S2. The Morgan fingerprint density at radius 2 is 2.09 bits per heavy atom. The lowest BCUT2D eigenvalue weighted by Gasteiger charge is -2.36. The number of thiophene rings is 2. The molecule has 0 saturated carbocycles. The lowest BCUT2D eigenvalue weighted by Crippen LogP contribution is -2.38. The summed E-state index contributed by atoms with van der Waals surface area (Å²) in [5.74, 6) is 1.45. The van der Waals surface area contributed by atoms with E-state index in [0.717, 1.165) is 16.2 Å². The van der Waals surface area contributed by atoms with E-state index in [0.29, 0.717) is 18.1 Å². The molecule has 0 bridgehead atoms. The third kappa shape index (κ3) is 2.60. The van der Waals surface area contributed by atoms with Crippen LogP contribution in [0.15, 0.2) is 39.5 Å². The highest BCUT2D eigenvalue weighted by Crippen LogP contribution is 2.43. The molecule has 1 saturated heterocycles. The molecule has 0 unspecified atom stereocenters. The first kappa shape index (κ1) is 14.6. The summed E-state index contributed by atoms with van der Waals surface area (Å²) in [6, 6.07) is 7.99. The largest absolute Gasteiger partial charge is 0.339 e. The maximum absolute atomic E-state index is 12.1. The number of hydrogen-bond acceptors (Lipinski definition) is 6. The standard InChI is InChI=1S/C16H15N3O2S2/c1-19-13(20)7-6-10(14(19)11-4-2-8-22-11)16-17-15(18-21-16)12-5-3-9-23-12/h2-5,8-10,14H,6-7H2,1H3/t10-,14+/m1/s1. The Morgan fingerprint density at radius 3 is 2.83 bits per heavy atom. The van der Waals surface area contributed by atoms with E-state index in [-0.39, 0.29) is 17.9 Å². The number of rotatable bonds is 3. The monoisotopic (exact) mass is 345 g/mol. The van der Waals surface area contributed by atoms with Crippen molar-refractivity contribution in [1.82, 2.24) is 15.0 Å². The second-order valence-corrected chi connectivity index (χ2v) is 7.47. The van der Waals surface area contributed by atoms with Crippen molar-refractivity contribution in [3.05, 3.63) is 45.8 Å². The molecule has 118 valence electrons. The van der Waals surface area contributed by atoms with Crippen LogP contribution in [0.4, 0.5) is 0 Å². The van der Waals surface area contributed by atoms with Crippen molar-refractivity contribution in [2.75, 3.05) is 7.05 Å². The van der Waals surface area contributed by atoms with Gasteiger partial charge in [0.15, 0.2) is 0 Å². The van der Waals surface area contributed by atoms with Gasteiger partial charge in [-0.05, 0) is 29.3 Å².